The van der Waals surface area contributed by atoms with Crippen LogP contribution in [0.1, 0.15) is 17.7 Å². The summed E-state index contributed by atoms with van der Waals surface area (Å²) in [5.41, 5.74) is 7.40. The zero-order chi connectivity index (χ0) is 15.7. The predicted molar refractivity (Wildman–Crippen MR) is 88.5 cm³/mol. The Morgan fingerprint density at radius 1 is 1.52 bits per heavy atom. The molecular weight excluding hydrogens is 286 g/mol. The summed E-state index contributed by atoms with van der Waals surface area (Å²) in [6.45, 7) is 0.912. The monoisotopic (exact) mass is 309 g/mol. The number of thioether (sulfide) groups is 1. The smallest absolute Gasteiger partial charge is 0.317 e. The number of aliphatic imine (C=N–C) groups is 1. The summed E-state index contributed by atoms with van der Waals surface area (Å²) in [5.74, 6) is 2.31. The number of amidine groups is 1. The van der Waals surface area contributed by atoms with E-state index >= 15 is 0 Å². The van der Waals surface area contributed by atoms with Crippen LogP contribution in [-0.4, -0.2) is 48.6 Å². The number of carbonyl (C=O) groups is 1. The minimum absolute atomic E-state index is 0.571. The van der Waals surface area contributed by atoms with Crippen molar-refractivity contribution >= 4 is 23.6 Å². The number of rotatable bonds is 7. The van der Waals surface area contributed by atoms with Crippen LogP contribution in [0.3, 0.4) is 0 Å². The van der Waals surface area contributed by atoms with Gasteiger partial charge in [-0.15, -0.1) is 0 Å². The van der Waals surface area contributed by atoms with Crippen LogP contribution in [0.2, 0.25) is 0 Å². The number of carbonyl (C=O) groups excluding carboxylic acids is 1. The fraction of sp³-hybridized carbons (Fsp3) is 0.500. The predicted octanol–water partition coefficient (Wildman–Crippen LogP) is 1.46. The van der Waals surface area contributed by atoms with Crippen molar-refractivity contribution in [1.82, 2.24) is 15.2 Å². The number of urea groups is 1. The summed E-state index contributed by atoms with van der Waals surface area (Å²) in [7, 11) is 5.74. The summed E-state index contributed by atoms with van der Waals surface area (Å²) in [5, 5.41) is 2.51. The molecule has 0 bridgehead atoms. The number of nitrogens with one attached hydrogen (secondary N) is 1. The summed E-state index contributed by atoms with van der Waals surface area (Å²) in [4.78, 5) is 21.3. The van der Waals surface area contributed by atoms with E-state index in [0.29, 0.717) is 12.3 Å². The molecule has 0 saturated heterocycles. The molecule has 0 saturated carbocycles. The highest BCUT2D eigenvalue weighted by molar-refractivity contribution is 7.98. The molecule has 1 aromatic rings. The second kappa shape index (κ2) is 9.36. The minimum atomic E-state index is -0.571. The molecule has 0 aromatic carbocycles. The van der Waals surface area contributed by atoms with Crippen LogP contribution < -0.4 is 11.1 Å². The minimum Gasteiger partial charge on any atom is -0.351 e. The summed E-state index contributed by atoms with van der Waals surface area (Å²) in [6.07, 6.45) is 2.53. The van der Waals surface area contributed by atoms with E-state index in [-0.39, 0.29) is 0 Å². The normalized spacial score (nSPS) is 11.7. The molecule has 7 heteroatoms. The lowest BCUT2D eigenvalue weighted by Gasteiger charge is -2.10. The third-order valence-electron chi connectivity index (χ3n) is 2.65. The van der Waals surface area contributed by atoms with Gasteiger partial charge in [-0.3, -0.25) is 15.3 Å². The van der Waals surface area contributed by atoms with Gasteiger partial charge in [0.2, 0.25) is 0 Å². The van der Waals surface area contributed by atoms with Crippen LogP contribution in [0.5, 0.6) is 0 Å². The van der Waals surface area contributed by atoms with Crippen LogP contribution in [0, 0.1) is 0 Å². The quantitative estimate of drug-likeness (QED) is 0.454. The number of hydrogen-bond acceptors (Lipinski definition) is 5. The van der Waals surface area contributed by atoms with Crippen molar-refractivity contribution in [3.63, 3.8) is 0 Å². The molecule has 0 spiro atoms. The molecule has 0 aliphatic heterocycles. The lowest BCUT2D eigenvalue weighted by molar-refractivity contribution is 0.253. The van der Waals surface area contributed by atoms with E-state index in [9.17, 15) is 4.79 Å². The highest BCUT2D eigenvalue weighted by Crippen LogP contribution is 2.13. The Morgan fingerprint density at radius 3 is 2.90 bits per heavy atom. The van der Waals surface area contributed by atoms with Gasteiger partial charge in [0.15, 0.2) is 0 Å². The molecule has 0 aliphatic rings. The van der Waals surface area contributed by atoms with E-state index < -0.39 is 6.03 Å². The van der Waals surface area contributed by atoms with Gasteiger partial charge in [-0.05, 0) is 31.8 Å². The Labute approximate surface area is 130 Å². The van der Waals surface area contributed by atoms with E-state index in [2.05, 4.69) is 26.3 Å². The van der Waals surface area contributed by atoms with Crippen LogP contribution in [0.25, 0.3) is 0 Å². The van der Waals surface area contributed by atoms with Gasteiger partial charge < -0.3 is 10.6 Å². The van der Waals surface area contributed by atoms with Crippen molar-refractivity contribution in [2.24, 2.45) is 10.7 Å². The first kappa shape index (κ1) is 17.5. The highest BCUT2D eigenvalue weighted by Gasteiger charge is 2.03. The van der Waals surface area contributed by atoms with Gasteiger partial charge in [-0.25, -0.2) is 4.79 Å². The van der Waals surface area contributed by atoms with Gasteiger partial charge in [0.1, 0.15) is 5.84 Å². The highest BCUT2D eigenvalue weighted by atomic mass is 32.2. The number of aromatic nitrogens is 1. The molecule has 3 N–H and O–H groups in total. The number of nitrogens with zero attached hydrogens (tertiary/aromatic N) is 3. The number of hydrogen-bond donors (Lipinski definition) is 2. The maximum atomic E-state index is 10.8. The maximum Gasteiger partial charge on any atom is 0.317 e. The second-order valence-electron chi connectivity index (χ2n) is 4.86. The average molecular weight is 309 g/mol. The average Bonchev–Trinajstić information content (AvgIpc) is 2.41. The van der Waals surface area contributed by atoms with Crippen LogP contribution in [0.4, 0.5) is 4.79 Å². The summed E-state index contributed by atoms with van der Waals surface area (Å²) >= 11 is 1.76. The Balaban J connectivity index is 2.37. The van der Waals surface area contributed by atoms with Crippen LogP contribution >= 0.6 is 11.8 Å². The van der Waals surface area contributed by atoms with Crippen molar-refractivity contribution < 1.29 is 4.79 Å². The Bertz CT molecular complexity index is 490. The van der Waals surface area contributed by atoms with Crippen LogP contribution in [0.15, 0.2) is 23.3 Å². The standard InChI is InChI=1S/C14H23N5OS/c1-16-13(18-14(15)20)5-7-21-10-12-8-11(4-6-17-12)9-19(2)3/h4,6,8H,5,7,9-10H2,1-3H3,(H3,15,16,18,20). The van der Waals surface area contributed by atoms with Gasteiger partial charge in [0.05, 0.1) is 5.69 Å². The first-order valence-corrected chi connectivity index (χ1v) is 7.85. The fourth-order valence-electron chi connectivity index (χ4n) is 1.79. The molecule has 0 aliphatic carbocycles. The van der Waals surface area contributed by atoms with Crippen molar-refractivity contribution in [2.45, 2.75) is 18.7 Å². The first-order valence-electron chi connectivity index (χ1n) is 6.69. The zero-order valence-electron chi connectivity index (χ0n) is 12.8. The van der Waals surface area contributed by atoms with E-state index in [0.717, 1.165) is 23.7 Å². The van der Waals surface area contributed by atoms with Gasteiger partial charge in [-0.1, -0.05) is 0 Å². The lowest BCUT2D eigenvalue weighted by Crippen LogP contribution is -2.35. The molecule has 0 fully saturated rings. The van der Waals surface area contributed by atoms with Gasteiger partial charge in [0.25, 0.3) is 0 Å². The third-order valence-corrected chi connectivity index (χ3v) is 3.64. The summed E-state index contributed by atoms with van der Waals surface area (Å²) in [6, 6.07) is 3.59. The van der Waals surface area contributed by atoms with Crippen molar-refractivity contribution in [2.75, 3.05) is 26.9 Å². The molecule has 1 heterocycles. The van der Waals surface area contributed by atoms with Crippen molar-refractivity contribution in [1.29, 1.82) is 0 Å². The van der Waals surface area contributed by atoms with Gasteiger partial charge in [0, 0.05) is 37.7 Å². The molecule has 116 valence electrons. The number of amides is 2. The number of nitrogens with two attached hydrogens (primary N) is 1. The maximum absolute atomic E-state index is 10.8. The van der Waals surface area contributed by atoms with Gasteiger partial charge >= 0.3 is 6.03 Å². The largest absolute Gasteiger partial charge is 0.351 e. The second-order valence-corrected chi connectivity index (χ2v) is 5.96. The molecule has 2 amide bonds. The Morgan fingerprint density at radius 2 is 2.29 bits per heavy atom. The van der Waals surface area contributed by atoms with Gasteiger partial charge in [-0.2, -0.15) is 11.8 Å². The molecule has 6 nitrogen and oxygen atoms in total. The fourth-order valence-corrected chi connectivity index (χ4v) is 2.64. The van der Waals surface area contributed by atoms with Crippen molar-refractivity contribution in [3.05, 3.63) is 29.6 Å². The molecule has 0 atom stereocenters. The first-order chi connectivity index (χ1) is 10.0. The topological polar surface area (TPSA) is 83.6 Å². The lowest BCUT2D eigenvalue weighted by atomic mass is 10.2. The Hall–Kier alpha value is -1.60. The van der Waals surface area contributed by atoms with E-state index in [1.54, 1.807) is 18.8 Å². The van der Waals surface area contributed by atoms with Crippen molar-refractivity contribution in [3.8, 4) is 0 Å². The molecule has 1 aromatic heterocycles. The third kappa shape index (κ3) is 7.67. The van der Waals surface area contributed by atoms with Crippen LogP contribution in [-0.2, 0) is 12.3 Å². The molecule has 0 unspecified atom stereocenters. The molecule has 1 rings (SSSR count). The van der Waals surface area contributed by atoms with E-state index in [1.165, 1.54) is 5.56 Å². The van der Waals surface area contributed by atoms with E-state index in [4.69, 9.17) is 5.73 Å². The SMILES string of the molecule is CN=C(CCSCc1cc(CN(C)C)ccn1)NC(N)=O. The molecular formula is C14H23N5OS. The van der Waals surface area contributed by atoms with E-state index in [1.807, 2.05) is 26.4 Å². The number of primary amides is 1. The zero-order valence-corrected chi connectivity index (χ0v) is 13.6. The number of pyridine rings is 1. The Kier molecular flexibility index (Phi) is 7.78. The summed E-state index contributed by atoms with van der Waals surface area (Å²) < 4.78 is 0. The molecule has 21 heavy (non-hydrogen) atoms. The molecule has 0 radical (unpaired) electrons.